The van der Waals surface area contributed by atoms with E-state index in [9.17, 15) is 9.18 Å². The zero-order valence-corrected chi connectivity index (χ0v) is 16.4. The Labute approximate surface area is 174 Å². The third kappa shape index (κ3) is 3.50. The van der Waals surface area contributed by atoms with Gasteiger partial charge in [-0.2, -0.15) is 4.98 Å². The molecule has 30 heavy (non-hydrogen) atoms. The Hall–Kier alpha value is -3.72. The van der Waals surface area contributed by atoms with E-state index in [4.69, 9.17) is 0 Å². The van der Waals surface area contributed by atoms with Crippen LogP contribution in [0.15, 0.2) is 60.1 Å². The fraction of sp³-hybridized carbons (Fsp3) is 0.0952. The van der Waals surface area contributed by atoms with Gasteiger partial charge in [0, 0.05) is 23.9 Å². The van der Waals surface area contributed by atoms with Crippen LogP contribution >= 0.6 is 11.3 Å². The molecule has 0 aliphatic carbocycles. The van der Waals surface area contributed by atoms with Crippen LogP contribution in [-0.2, 0) is 6.42 Å². The van der Waals surface area contributed by atoms with E-state index in [0.717, 1.165) is 16.2 Å². The van der Waals surface area contributed by atoms with Crippen LogP contribution in [0.2, 0.25) is 0 Å². The molecule has 5 rings (SSSR count). The second-order valence-electron chi connectivity index (χ2n) is 6.62. The molecule has 0 saturated carbocycles. The van der Waals surface area contributed by atoms with Crippen LogP contribution in [0.1, 0.15) is 16.2 Å². The Morgan fingerprint density at radius 1 is 1.10 bits per heavy atom. The maximum absolute atomic E-state index is 13.5. The minimum absolute atomic E-state index is 0.276. The number of para-hydroxylation sites is 2. The van der Waals surface area contributed by atoms with E-state index in [1.54, 1.807) is 16.6 Å². The number of benzene rings is 2. The van der Waals surface area contributed by atoms with Gasteiger partial charge in [-0.25, -0.2) is 13.9 Å². The molecule has 0 unspecified atom stereocenters. The predicted molar refractivity (Wildman–Crippen MR) is 112 cm³/mol. The van der Waals surface area contributed by atoms with Gasteiger partial charge in [0.25, 0.3) is 5.91 Å². The SMILES string of the molecule is O=C(NCCc1csc2nc(-c3cccc(F)c3)nn12)c1cnc2ccccc2n1. The summed E-state index contributed by atoms with van der Waals surface area (Å²) in [5.41, 5.74) is 3.24. The fourth-order valence-electron chi connectivity index (χ4n) is 3.11. The van der Waals surface area contributed by atoms with Gasteiger partial charge in [0.1, 0.15) is 11.5 Å². The molecule has 0 spiro atoms. The molecule has 7 nitrogen and oxygen atoms in total. The largest absolute Gasteiger partial charge is 0.350 e. The zero-order chi connectivity index (χ0) is 20.5. The minimum atomic E-state index is -0.328. The van der Waals surface area contributed by atoms with Gasteiger partial charge >= 0.3 is 0 Å². The molecular weight excluding hydrogens is 403 g/mol. The van der Waals surface area contributed by atoms with Crippen LogP contribution in [0, 0.1) is 5.82 Å². The number of fused-ring (bicyclic) bond motifs is 2. The Kier molecular flexibility index (Phi) is 4.64. The van der Waals surface area contributed by atoms with E-state index >= 15 is 0 Å². The quantitative estimate of drug-likeness (QED) is 0.472. The molecule has 1 N–H and O–H groups in total. The molecule has 9 heteroatoms. The van der Waals surface area contributed by atoms with Crippen molar-refractivity contribution in [3.8, 4) is 11.4 Å². The number of nitrogens with zero attached hydrogens (tertiary/aromatic N) is 5. The van der Waals surface area contributed by atoms with Gasteiger partial charge in [-0.15, -0.1) is 16.4 Å². The summed E-state index contributed by atoms with van der Waals surface area (Å²) in [7, 11) is 0. The summed E-state index contributed by atoms with van der Waals surface area (Å²) in [6.07, 6.45) is 2.04. The lowest BCUT2D eigenvalue weighted by atomic mass is 10.2. The van der Waals surface area contributed by atoms with Crippen molar-refractivity contribution in [1.29, 1.82) is 0 Å². The lowest BCUT2D eigenvalue weighted by molar-refractivity contribution is 0.0949. The van der Waals surface area contributed by atoms with Crippen molar-refractivity contribution < 1.29 is 9.18 Å². The smallest absolute Gasteiger partial charge is 0.271 e. The van der Waals surface area contributed by atoms with Gasteiger partial charge in [-0.1, -0.05) is 24.3 Å². The summed E-state index contributed by atoms with van der Waals surface area (Å²) in [6, 6.07) is 13.6. The van der Waals surface area contributed by atoms with Gasteiger partial charge in [0.05, 0.1) is 22.9 Å². The number of nitrogens with one attached hydrogen (secondary N) is 1. The Morgan fingerprint density at radius 2 is 1.97 bits per heavy atom. The van der Waals surface area contributed by atoms with E-state index in [1.165, 1.54) is 29.7 Å². The van der Waals surface area contributed by atoms with Crippen LogP contribution in [-0.4, -0.2) is 37.0 Å². The summed E-state index contributed by atoms with van der Waals surface area (Å²) >= 11 is 1.45. The van der Waals surface area contributed by atoms with Gasteiger partial charge in [0.2, 0.25) is 4.96 Å². The highest BCUT2D eigenvalue weighted by atomic mass is 32.1. The molecule has 3 aromatic heterocycles. The van der Waals surface area contributed by atoms with Crippen LogP contribution in [0.5, 0.6) is 0 Å². The molecule has 0 bridgehead atoms. The molecule has 1 amide bonds. The summed E-state index contributed by atoms with van der Waals surface area (Å²) in [5.74, 6) is -0.137. The number of hydrogen-bond donors (Lipinski definition) is 1. The number of amides is 1. The number of rotatable bonds is 5. The van der Waals surface area contributed by atoms with E-state index < -0.39 is 0 Å². The standard InChI is InChI=1S/C21H15FN6OS/c22-14-5-3-4-13(10-14)19-26-21-28(27-19)15(12-30-21)8-9-23-20(29)18-11-24-16-6-1-2-7-17(16)25-18/h1-7,10-12H,8-9H2,(H,23,29). The van der Waals surface area contributed by atoms with Crippen molar-refractivity contribution in [2.24, 2.45) is 0 Å². The Balaban J connectivity index is 1.28. The molecule has 3 heterocycles. The van der Waals surface area contributed by atoms with Crippen LogP contribution in [0.25, 0.3) is 27.4 Å². The minimum Gasteiger partial charge on any atom is -0.350 e. The summed E-state index contributed by atoms with van der Waals surface area (Å²) < 4.78 is 15.2. The third-order valence-electron chi connectivity index (χ3n) is 4.58. The first-order chi connectivity index (χ1) is 14.7. The van der Waals surface area contributed by atoms with Crippen molar-refractivity contribution in [2.45, 2.75) is 6.42 Å². The summed E-state index contributed by atoms with van der Waals surface area (Å²) in [6.45, 7) is 0.411. The highest BCUT2D eigenvalue weighted by molar-refractivity contribution is 7.15. The van der Waals surface area contributed by atoms with E-state index in [1.807, 2.05) is 29.6 Å². The molecule has 2 aromatic carbocycles. The highest BCUT2D eigenvalue weighted by Gasteiger charge is 2.13. The molecule has 0 saturated heterocycles. The monoisotopic (exact) mass is 418 g/mol. The molecule has 148 valence electrons. The number of halogens is 1. The first kappa shape index (κ1) is 18.3. The van der Waals surface area contributed by atoms with Crippen molar-refractivity contribution >= 4 is 33.2 Å². The molecule has 0 aliphatic rings. The second-order valence-corrected chi connectivity index (χ2v) is 7.45. The van der Waals surface area contributed by atoms with Gasteiger partial charge in [0.15, 0.2) is 5.82 Å². The number of aromatic nitrogens is 5. The molecular formula is C21H15FN6OS. The summed E-state index contributed by atoms with van der Waals surface area (Å²) in [4.78, 5) is 26.2. The topological polar surface area (TPSA) is 85.1 Å². The third-order valence-corrected chi connectivity index (χ3v) is 5.45. The van der Waals surface area contributed by atoms with Crippen LogP contribution in [0.4, 0.5) is 4.39 Å². The van der Waals surface area contributed by atoms with Crippen molar-refractivity contribution in [1.82, 2.24) is 29.9 Å². The van der Waals surface area contributed by atoms with E-state index in [-0.39, 0.29) is 17.4 Å². The average Bonchev–Trinajstić information content (AvgIpc) is 3.35. The van der Waals surface area contributed by atoms with E-state index in [2.05, 4.69) is 25.4 Å². The first-order valence-electron chi connectivity index (χ1n) is 9.26. The number of carbonyl (C=O) groups excluding carboxylic acids is 1. The molecule has 0 atom stereocenters. The van der Waals surface area contributed by atoms with Crippen LogP contribution in [0.3, 0.4) is 0 Å². The molecule has 0 fully saturated rings. The van der Waals surface area contributed by atoms with Crippen molar-refractivity contribution in [2.75, 3.05) is 6.54 Å². The number of carbonyl (C=O) groups is 1. The highest BCUT2D eigenvalue weighted by Crippen LogP contribution is 2.21. The number of thiazole rings is 1. The molecule has 0 radical (unpaired) electrons. The van der Waals surface area contributed by atoms with Crippen LogP contribution < -0.4 is 5.32 Å². The maximum atomic E-state index is 13.5. The van der Waals surface area contributed by atoms with Gasteiger partial charge in [-0.05, 0) is 24.3 Å². The summed E-state index contributed by atoms with van der Waals surface area (Å²) in [5, 5.41) is 9.30. The normalized spacial score (nSPS) is 11.2. The Morgan fingerprint density at radius 3 is 2.83 bits per heavy atom. The number of hydrogen-bond acceptors (Lipinski definition) is 6. The molecule has 0 aliphatic heterocycles. The Bertz CT molecular complexity index is 1380. The van der Waals surface area contributed by atoms with Crippen molar-refractivity contribution in [3.63, 3.8) is 0 Å². The molecule has 5 aromatic rings. The zero-order valence-electron chi connectivity index (χ0n) is 15.6. The average molecular weight is 418 g/mol. The second kappa shape index (κ2) is 7.60. The first-order valence-corrected chi connectivity index (χ1v) is 10.1. The van der Waals surface area contributed by atoms with Gasteiger partial charge < -0.3 is 5.32 Å². The predicted octanol–water partition coefficient (Wildman–Crippen LogP) is 3.51. The van der Waals surface area contributed by atoms with Crippen molar-refractivity contribution in [3.05, 3.63) is 77.3 Å². The maximum Gasteiger partial charge on any atom is 0.271 e. The lowest BCUT2D eigenvalue weighted by Crippen LogP contribution is -2.27. The van der Waals surface area contributed by atoms with Gasteiger partial charge in [-0.3, -0.25) is 9.78 Å². The fourth-order valence-corrected chi connectivity index (χ4v) is 3.96. The van der Waals surface area contributed by atoms with E-state index in [0.29, 0.717) is 29.9 Å². The lowest BCUT2D eigenvalue weighted by Gasteiger charge is -2.05.